The van der Waals surface area contributed by atoms with Crippen LogP contribution in [0.3, 0.4) is 0 Å². The molecule has 0 aliphatic heterocycles. The van der Waals surface area contributed by atoms with Crippen LogP contribution in [0, 0.1) is 6.92 Å². The molecule has 0 saturated carbocycles. The van der Waals surface area contributed by atoms with Crippen LogP contribution in [0.1, 0.15) is 29.6 Å². The highest BCUT2D eigenvalue weighted by Crippen LogP contribution is 2.10. The van der Waals surface area contributed by atoms with E-state index in [4.69, 9.17) is 0 Å². The van der Waals surface area contributed by atoms with E-state index in [0.717, 1.165) is 30.3 Å². The summed E-state index contributed by atoms with van der Waals surface area (Å²) in [6.45, 7) is 7.14. The van der Waals surface area contributed by atoms with E-state index >= 15 is 0 Å². The molecule has 2 aromatic rings. The molecule has 0 bridgehead atoms. The van der Waals surface area contributed by atoms with Crippen molar-refractivity contribution in [3.63, 3.8) is 0 Å². The maximum Gasteiger partial charge on any atom is 0.0898 e. The molecule has 0 aliphatic carbocycles. The molecule has 0 spiro atoms. The van der Waals surface area contributed by atoms with E-state index in [-0.39, 0.29) is 0 Å². The van der Waals surface area contributed by atoms with Gasteiger partial charge in [0.05, 0.1) is 17.2 Å². The molecule has 0 saturated heterocycles. The van der Waals surface area contributed by atoms with Gasteiger partial charge in [0.2, 0.25) is 0 Å². The third-order valence-electron chi connectivity index (χ3n) is 2.58. The molecule has 0 radical (unpaired) electrons. The molecule has 17 heavy (non-hydrogen) atoms. The van der Waals surface area contributed by atoms with Crippen LogP contribution in [-0.2, 0) is 13.1 Å². The minimum Gasteiger partial charge on any atom is -0.348 e. The topological polar surface area (TPSA) is 29.9 Å². The van der Waals surface area contributed by atoms with Gasteiger partial charge in [-0.3, -0.25) is 0 Å². The average molecular weight is 249 g/mol. The maximum atomic E-state index is 4.47. The summed E-state index contributed by atoms with van der Waals surface area (Å²) in [6.07, 6.45) is 5.49. The van der Waals surface area contributed by atoms with Gasteiger partial charge in [-0.2, -0.15) is 0 Å². The number of aromatic nitrogens is 2. The first-order valence-electron chi connectivity index (χ1n) is 6.04. The minimum absolute atomic E-state index is 0.873. The highest BCUT2D eigenvalue weighted by atomic mass is 32.1. The van der Waals surface area contributed by atoms with Crippen molar-refractivity contribution in [1.29, 1.82) is 0 Å². The number of nitrogens with zero attached hydrogens (tertiary/aromatic N) is 2. The first-order chi connectivity index (χ1) is 8.28. The van der Waals surface area contributed by atoms with Crippen LogP contribution < -0.4 is 5.32 Å². The van der Waals surface area contributed by atoms with Crippen molar-refractivity contribution in [1.82, 2.24) is 14.9 Å². The van der Waals surface area contributed by atoms with E-state index in [1.54, 1.807) is 11.3 Å². The fourth-order valence-electron chi connectivity index (χ4n) is 1.77. The van der Waals surface area contributed by atoms with Gasteiger partial charge in [0.1, 0.15) is 0 Å². The van der Waals surface area contributed by atoms with Gasteiger partial charge in [-0.25, -0.2) is 4.98 Å². The summed E-state index contributed by atoms with van der Waals surface area (Å²) in [4.78, 5) is 4.47. The molecule has 3 nitrogen and oxygen atoms in total. The third kappa shape index (κ3) is 3.68. The van der Waals surface area contributed by atoms with Crippen LogP contribution >= 0.6 is 11.3 Å². The second kappa shape index (κ2) is 5.98. The van der Waals surface area contributed by atoms with Gasteiger partial charge in [-0.05, 0) is 31.5 Å². The van der Waals surface area contributed by atoms with Gasteiger partial charge in [-0.1, -0.05) is 6.92 Å². The highest BCUT2D eigenvalue weighted by molar-refractivity contribution is 7.09. The molecular weight excluding hydrogens is 230 g/mol. The van der Waals surface area contributed by atoms with Crippen LogP contribution in [0.15, 0.2) is 23.8 Å². The SMILES string of the molecule is CCCNCc1ccn(Cc2csc(C)n2)c1. The van der Waals surface area contributed by atoms with Crippen LogP contribution in [-0.4, -0.2) is 16.1 Å². The second-order valence-corrected chi connectivity index (χ2v) is 5.29. The Morgan fingerprint density at radius 3 is 3.06 bits per heavy atom. The normalized spacial score (nSPS) is 10.9. The Morgan fingerprint density at radius 1 is 1.47 bits per heavy atom. The van der Waals surface area contributed by atoms with Crippen molar-refractivity contribution < 1.29 is 0 Å². The number of thiazole rings is 1. The smallest absolute Gasteiger partial charge is 0.0898 e. The summed E-state index contributed by atoms with van der Waals surface area (Å²) in [5.41, 5.74) is 2.49. The molecule has 0 atom stereocenters. The fraction of sp³-hybridized carbons (Fsp3) is 0.462. The van der Waals surface area contributed by atoms with E-state index in [1.165, 1.54) is 12.0 Å². The zero-order chi connectivity index (χ0) is 12.1. The molecule has 1 N–H and O–H groups in total. The zero-order valence-corrected chi connectivity index (χ0v) is 11.3. The molecule has 2 aromatic heterocycles. The lowest BCUT2D eigenvalue weighted by Crippen LogP contribution is -2.13. The van der Waals surface area contributed by atoms with Crippen molar-refractivity contribution in [3.05, 3.63) is 40.1 Å². The van der Waals surface area contributed by atoms with E-state index in [0.29, 0.717) is 0 Å². The first kappa shape index (κ1) is 12.3. The second-order valence-electron chi connectivity index (χ2n) is 4.23. The monoisotopic (exact) mass is 249 g/mol. The third-order valence-corrected chi connectivity index (χ3v) is 3.40. The molecule has 4 heteroatoms. The molecule has 2 heterocycles. The summed E-state index contributed by atoms with van der Waals surface area (Å²) in [6, 6.07) is 2.17. The van der Waals surface area contributed by atoms with Gasteiger partial charge in [0.25, 0.3) is 0 Å². The summed E-state index contributed by atoms with van der Waals surface area (Å²) in [5, 5.41) is 6.67. The maximum absolute atomic E-state index is 4.47. The number of aryl methyl sites for hydroxylation is 1. The Balaban J connectivity index is 1.89. The van der Waals surface area contributed by atoms with Crippen molar-refractivity contribution in [2.75, 3.05) is 6.54 Å². The van der Waals surface area contributed by atoms with Gasteiger partial charge < -0.3 is 9.88 Å². The largest absolute Gasteiger partial charge is 0.348 e. The lowest BCUT2D eigenvalue weighted by Gasteiger charge is -2.00. The number of hydrogen-bond donors (Lipinski definition) is 1. The Hall–Kier alpha value is -1.13. The lowest BCUT2D eigenvalue weighted by atomic mass is 10.3. The zero-order valence-electron chi connectivity index (χ0n) is 10.4. The highest BCUT2D eigenvalue weighted by Gasteiger charge is 2.01. The summed E-state index contributed by atoms with van der Waals surface area (Å²) < 4.78 is 2.19. The fourth-order valence-corrected chi connectivity index (χ4v) is 2.37. The molecule has 92 valence electrons. The summed E-state index contributed by atoms with van der Waals surface area (Å²) in [5.74, 6) is 0. The Kier molecular flexibility index (Phi) is 4.34. The summed E-state index contributed by atoms with van der Waals surface area (Å²) in [7, 11) is 0. The predicted molar refractivity (Wildman–Crippen MR) is 72.4 cm³/mol. The molecule has 0 fully saturated rings. The van der Waals surface area contributed by atoms with Gasteiger partial charge in [0.15, 0.2) is 0 Å². The van der Waals surface area contributed by atoms with Crippen LogP contribution in [0.2, 0.25) is 0 Å². The van der Waals surface area contributed by atoms with Crippen molar-refractivity contribution in [3.8, 4) is 0 Å². The predicted octanol–water partition coefficient (Wildman–Crippen LogP) is 2.80. The molecule has 0 unspecified atom stereocenters. The quantitative estimate of drug-likeness (QED) is 0.798. The minimum atomic E-state index is 0.873. The van der Waals surface area contributed by atoms with Crippen molar-refractivity contribution in [2.24, 2.45) is 0 Å². The van der Waals surface area contributed by atoms with Crippen LogP contribution in [0.5, 0.6) is 0 Å². The van der Waals surface area contributed by atoms with E-state index < -0.39 is 0 Å². The molecule has 2 rings (SSSR count). The first-order valence-corrected chi connectivity index (χ1v) is 6.92. The molecular formula is C13H19N3S. The van der Waals surface area contributed by atoms with Gasteiger partial charge in [-0.15, -0.1) is 11.3 Å². The number of rotatable bonds is 6. The molecule has 0 amide bonds. The lowest BCUT2D eigenvalue weighted by molar-refractivity contribution is 0.673. The number of nitrogens with one attached hydrogen (secondary N) is 1. The Morgan fingerprint density at radius 2 is 2.35 bits per heavy atom. The van der Waals surface area contributed by atoms with Crippen LogP contribution in [0.4, 0.5) is 0 Å². The van der Waals surface area contributed by atoms with E-state index in [9.17, 15) is 0 Å². The van der Waals surface area contributed by atoms with Gasteiger partial charge >= 0.3 is 0 Å². The van der Waals surface area contributed by atoms with Gasteiger partial charge in [0, 0.05) is 24.3 Å². The van der Waals surface area contributed by atoms with Crippen molar-refractivity contribution >= 4 is 11.3 Å². The Bertz CT molecular complexity index is 459. The van der Waals surface area contributed by atoms with Crippen LogP contribution in [0.25, 0.3) is 0 Å². The Labute approximate surface area is 107 Å². The van der Waals surface area contributed by atoms with E-state index in [2.05, 4.69) is 45.6 Å². The standard InChI is InChI=1S/C13H19N3S/c1-3-5-14-7-12-4-6-16(8-12)9-13-10-17-11(2)15-13/h4,6,8,10,14H,3,5,7,9H2,1-2H3. The molecule has 0 aliphatic rings. The molecule has 0 aromatic carbocycles. The number of hydrogen-bond acceptors (Lipinski definition) is 3. The van der Waals surface area contributed by atoms with Crippen molar-refractivity contribution in [2.45, 2.75) is 33.4 Å². The summed E-state index contributed by atoms with van der Waals surface area (Å²) >= 11 is 1.71. The van der Waals surface area contributed by atoms with E-state index in [1.807, 2.05) is 6.92 Å². The average Bonchev–Trinajstić information content (AvgIpc) is 2.90.